The molecular formula is C18H24N6O3. The van der Waals surface area contributed by atoms with Gasteiger partial charge < -0.3 is 20.5 Å². The Kier molecular flexibility index (Phi) is 5.30. The van der Waals surface area contributed by atoms with Crippen LogP contribution in [0, 0.1) is 17.2 Å². The van der Waals surface area contributed by atoms with Crippen molar-refractivity contribution in [2.45, 2.75) is 44.4 Å². The van der Waals surface area contributed by atoms with Crippen LogP contribution in [0.4, 0.5) is 5.82 Å². The third-order valence-electron chi connectivity index (χ3n) is 4.87. The molecule has 9 heteroatoms. The molecule has 0 spiro atoms. The Hall–Kier alpha value is -2.70. The van der Waals surface area contributed by atoms with Crippen molar-refractivity contribution < 1.29 is 14.3 Å². The average molecular weight is 372 g/mol. The Bertz CT molecular complexity index is 874. The fourth-order valence-electron chi connectivity index (χ4n) is 3.19. The number of esters is 1. The Morgan fingerprint density at radius 2 is 2.37 bits per heavy atom. The van der Waals surface area contributed by atoms with Gasteiger partial charge in [-0.1, -0.05) is 13.8 Å². The molecule has 3 N–H and O–H groups in total. The number of nitriles is 1. The maximum Gasteiger partial charge on any atom is 0.323 e. The number of carbonyl (C=O) groups excluding carboxylic acids is 1. The van der Waals surface area contributed by atoms with E-state index in [1.807, 2.05) is 26.0 Å². The van der Waals surface area contributed by atoms with Crippen molar-refractivity contribution in [2.75, 3.05) is 19.0 Å². The van der Waals surface area contributed by atoms with Gasteiger partial charge in [-0.2, -0.15) is 10.4 Å². The van der Waals surface area contributed by atoms with E-state index in [4.69, 9.17) is 15.2 Å². The number of aromatic nitrogens is 3. The van der Waals surface area contributed by atoms with E-state index in [0.717, 1.165) is 5.52 Å². The first-order valence-electron chi connectivity index (χ1n) is 8.94. The van der Waals surface area contributed by atoms with Gasteiger partial charge in [0.15, 0.2) is 11.4 Å². The molecule has 3 unspecified atom stereocenters. The van der Waals surface area contributed by atoms with Crippen LogP contribution in [-0.2, 0) is 19.9 Å². The van der Waals surface area contributed by atoms with Crippen LogP contribution in [0.3, 0.4) is 0 Å². The molecule has 3 atom stereocenters. The summed E-state index contributed by atoms with van der Waals surface area (Å²) < 4.78 is 13.0. The number of carbonyl (C=O) groups is 1. The van der Waals surface area contributed by atoms with Crippen LogP contribution in [0.2, 0.25) is 0 Å². The quantitative estimate of drug-likeness (QED) is 0.724. The van der Waals surface area contributed by atoms with Crippen LogP contribution in [0.25, 0.3) is 5.52 Å². The molecule has 0 saturated carbocycles. The number of anilines is 1. The molecule has 144 valence electrons. The summed E-state index contributed by atoms with van der Waals surface area (Å²) in [6.45, 7) is 3.79. The largest absolute Gasteiger partial charge is 0.462 e. The molecule has 3 rings (SSSR count). The number of rotatable bonds is 6. The molecule has 1 fully saturated rings. The predicted molar refractivity (Wildman–Crippen MR) is 97.7 cm³/mol. The van der Waals surface area contributed by atoms with Crippen LogP contribution in [0.5, 0.6) is 0 Å². The molecule has 1 aliphatic heterocycles. The van der Waals surface area contributed by atoms with Gasteiger partial charge in [0.05, 0.1) is 11.8 Å². The molecule has 1 saturated heterocycles. The molecule has 0 radical (unpaired) electrons. The summed E-state index contributed by atoms with van der Waals surface area (Å²) in [6, 6.07) is 5.27. The minimum atomic E-state index is -1.15. The molecule has 27 heavy (non-hydrogen) atoms. The Labute approximate surface area is 157 Å². The zero-order valence-corrected chi connectivity index (χ0v) is 15.7. The van der Waals surface area contributed by atoms with Crippen LogP contribution in [0.15, 0.2) is 18.5 Å². The second-order valence-corrected chi connectivity index (χ2v) is 6.99. The van der Waals surface area contributed by atoms with E-state index in [0.29, 0.717) is 24.4 Å². The summed E-state index contributed by atoms with van der Waals surface area (Å²) in [5, 5.41) is 17.1. The second kappa shape index (κ2) is 7.50. The lowest BCUT2D eigenvalue weighted by Gasteiger charge is -2.22. The third kappa shape index (κ3) is 3.46. The minimum absolute atomic E-state index is 0.00617. The topological polar surface area (TPSA) is 128 Å². The minimum Gasteiger partial charge on any atom is -0.462 e. The molecule has 9 nitrogen and oxygen atoms in total. The number of fused-ring (bicyclic) bond motifs is 1. The summed E-state index contributed by atoms with van der Waals surface area (Å²) in [7, 11) is 1.77. The Morgan fingerprint density at radius 1 is 1.59 bits per heavy atom. The van der Waals surface area contributed by atoms with Crippen molar-refractivity contribution in [1.82, 2.24) is 14.6 Å². The lowest BCUT2D eigenvalue weighted by molar-refractivity contribution is -0.151. The van der Waals surface area contributed by atoms with Gasteiger partial charge >= 0.3 is 5.97 Å². The van der Waals surface area contributed by atoms with Gasteiger partial charge in [0.1, 0.15) is 30.6 Å². The summed E-state index contributed by atoms with van der Waals surface area (Å²) in [5.41, 5.74) is 6.04. The standard InChI is InChI=1S/C18H24N6O3/c1-11(2)15(20)17(25)26-8-12-6-7-18(9-19,27-12)14-5-4-13-16(21-3)22-10-23-24(13)14/h4-5,10-12,15H,6-8,20H2,1-3H3,(H,21,22,23). The van der Waals surface area contributed by atoms with E-state index in [1.54, 1.807) is 11.6 Å². The normalized spacial score (nSPS) is 23.3. The number of nitrogens with two attached hydrogens (primary N) is 1. The first kappa shape index (κ1) is 19.1. The van der Waals surface area contributed by atoms with Gasteiger partial charge in [-0.3, -0.25) is 4.79 Å². The van der Waals surface area contributed by atoms with E-state index < -0.39 is 17.6 Å². The lowest BCUT2D eigenvalue weighted by Crippen LogP contribution is -2.38. The predicted octanol–water partition coefficient (Wildman–Crippen LogP) is 1.20. The molecule has 2 aromatic rings. The van der Waals surface area contributed by atoms with E-state index in [-0.39, 0.29) is 18.6 Å². The number of nitrogens with one attached hydrogen (secondary N) is 1. The van der Waals surface area contributed by atoms with E-state index in [9.17, 15) is 10.1 Å². The van der Waals surface area contributed by atoms with Crippen molar-refractivity contribution in [3.63, 3.8) is 0 Å². The van der Waals surface area contributed by atoms with Gasteiger partial charge in [-0.15, -0.1) is 0 Å². The second-order valence-electron chi connectivity index (χ2n) is 6.99. The number of ether oxygens (including phenoxy) is 2. The highest BCUT2D eigenvalue weighted by Gasteiger charge is 2.45. The van der Waals surface area contributed by atoms with Crippen molar-refractivity contribution >= 4 is 17.3 Å². The van der Waals surface area contributed by atoms with Gasteiger partial charge in [0, 0.05) is 7.05 Å². The summed E-state index contributed by atoms with van der Waals surface area (Å²) in [6.07, 6.45) is 2.13. The highest BCUT2D eigenvalue weighted by Crippen LogP contribution is 2.40. The smallest absolute Gasteiger partial charge is 0.323 e. The summed E-state index contributed by atoms with van der Waals surface area (Å²) in [5.74, 6) is 0.200. The monoisotopic (exact) mass is 372 g/mol. The maximum atomic E-state index is 12.0. The summed E-state index contributed by atoms with van der Waals surface area (Å²) >= 11 is 0. The fourth-order valence-corrected chi connectivity index (χ4v) is 3.19. The van der Waals surface area contributed by atoms with Crippen LogP contribution in [0.1, 0.15) is 32.4 Å². The highest BCUT2D eigenvalue weighted by atomic mass is 16.6. The molecule has 0 aliphatic carbocycles. The van der Waals surface area contributed by atoms with Crippen LogP contribution in [-0.4, -0.2) is 46.4 Å². The summed E-state index contributed by atoms with van der Waals surface area (Å²) in [4.78, 5) is 16.1. The molecule has 0 amide bonds. The van der Waals surface area contributed by atoms with Crippen molar-refractivity contribution in [3.8, 4) is 6.07 Å². The number of nitrogens with zero attached hydrogens (tertiary/aromatic N) is 4. The fraction of sp³-hybridized carbons (Fsp3) is 0.556. The van der Waals surface area contributed by atoms with Gasteiger partial charge in [-0.05, 0) is 30.9 Å². The first-order chi connectivity index (χ1) is 12.9. The molecule has 1 aliphatic rings. The highest BCUT2D eigenvalue weighted by molar-refractivity contribution is 5.75. The molecule has 0 bridgehead atoms. The first-order valence-corrected chi connectivity index (χ1v) is 8.94. The van der Waals surface area contributed by atoms with Gasteiger partial charge in [0.2, 0.25) is 0 Å². The zero-order chi connectivity index (χ0) is 19.6. The molecular weight excluding hydrogens is 348 g/mol. The number of hydrogen-bond donors (Lipinski definition) is 2. The van der Waals surface area contributed by atoms with Crippen molar-refractivity contribution in [1.29, 1.82) is 5.26 Å². The number of hydrogen-bond acceptors (Lipinski definition) is 8. The lowest BCUT2D eigenvalue weighted by atomic mass is 9.98. The maximum absolute atomic E-state index is 12.0. The Balaban J connectivity index is 1.77. The van der Waals surface area contributed by atoms with Crippen LogP contribution >= 0.6 is 0 Å². The third-order valence-corrected chi connectivity index (χ3v) is 4.87. The van der Waals surface area contributed by atoms with Crippen molar-refractivity contribution in [3.05, 3.63) is 24.2 Å². The Morgan fingerprint density at radius 3 is 3.04 bits per heavy atom. The van der Waals surface area contributed by atoms with Crippen LogP contribution < -0.4 is 11.1 Å². The van der Waals surface area contributed by atoms with E-state index in [2.05, 4.69) is 21.5 Å². The molecule has 3 heterocycles. The molecule has 2 aromatic heterocycles. The van der Waals surface area contributed by atoms with E-state index >= 15 is 0 Å². The molecule has 0 aromatic carbocycles. The van der Waals surface area contributed by atoms with Crippen molar-refractivity contribution in [2.24, 2.45) is 11.7 Å². The van der Waals surface area contributed by atoms with Gasteiger partial charge in [0.25, 0.3) is 0 Å². The van der Waals surface area contributed by atoms with E-state index in [1.165, 1.54) is 6.33 Å². The van der Waals surface area contributed by atoms with Gasteiger partial charge in [-0.25, -0.2) is 9.50 Å². The average Bonchev–Trinajstić information content (AvgIpc) is 3.29. The SMILES string of the molecule is CNc1ncnn2c(C3(C#N)CCC(COC(=O)C(N)C(C)C)O3)ccc12. The zero-order valence-electron chi connectivity index (χ0n) is 15.7.